The highest BCUT2D eigenvalue weighted by molar-refractivity contribution is 6.38. The van der Waals surface area contributed by atoms with Gasteiger partial charge in [-0.15, -0.1) is 0 Å². The number of carbonyl (C=O) groups is 2. The van der Waals surface area contributed by atoms with Gasteiger partial charge in [0.15, 0.2) is 5.78 Å². The Kier molecular flexibility index (Phi) is 4.86. The molecule has 0 unspecified atom stereocenters. The number of hydrogen-bond donors (Lipinski definition) is 4. The number of aliphatic hydroxyl groups is 4. The average Bonchev–Trinajstić information content (AvgIpc) is 2.12. The van der Waals surface area contributed by atoms with Crippen LogP contribution < -0.4 is 0 Å². The number of aliphatic hydroxyl groups excluding tert-OH is 4. The van der Waals surface area contributed by atoms with Crippen molar-refractivity contribution in [3.05, 3.63) is 0 Å². The van der Waals surface area contributed by atoms with E-state index in [4.69, 9.17) is 20.4 Å². The Balaban J connectivity index is 4.46. The molecule has 0 aromatic rings. The normalized spacial score (nSPS) is 19.6. The molecule has 4 N–H and O–H groups in total. The summed E-state index contributed by atoms with van der Waals surface area (Å²) in [6.45, 7) is 2.12. The van der Waals surface area contributed by atoms with Crippen molar-refractivity contribution in [2.45, 2.75) is 38.3 Å². The van der Waals surface area contributed by atoms with E-state index in [1.165, 1.54) is 6.92 Å². The van der Waals surface area contributed by atoms with Crippen LogP contribution in [0.15, 0.2) is 0 Å². The minimum Gasteiger partial charge on any atom is -0.391 e. The van der Waals surface area contributed by atoms with Crippen LogP contribution in [0.1, 0.15) is 13.8 Å². The van der Waals surface area contributed by atoms with Gasteiger partial charge in [-0.3, -0.25) is 9.59 Å². The predicted octanol–water partition coefficient (Wildman–Crippen LogP) is -2.39. The van der Waals surface area contributed by atoms with E-state index in [0.29, 0.717) is 0 Å². The molecule has 14 heavy (non-hydrogen) atoms. The van der Waals surface area contributed by atoms with E-state index in [1.807, 2.05) is 0 Å². The topological polar surface area (TPSA) is 115 Å². The third kappa shape index (κ3) is 3.15. The van der Waals surface area contributed by atoms with Crippen molar-refractivity contribution in [2.24, 2.45) is 0 Å². The van der Waals surface area contributed by atoms with Crippen molar-refractivity contribution in [3.8, 4) is 0 Å². The molecular formula is C8H14O6. The number of Topliss-reactive ketones (excluding diaryl/α,β-unsaturated/α-hetero) is 2. The highest BCUT2D eigenvalue weighted by Gasteiger charge is 2.34. The van der Waals surface area contributed by atoms with Gasteiger partial charge in [0.1, 0.15) is 18.3 Å². The number of carbonyl (C=O) groups excluding carboxylic acids is 2. The van der Waals surface area contributed by atoms with Crippen LogP contribution in [0.4, 0.5) is 0 Å². The van der Waals surface area contributed by atoms with Crippen molar-refractivity contribution >= 4 is 11.6 Å². The van der Waals surface area contributed by atoms with E-state index in [1.54, 1.807) is 0 Å². The average molecular weight is 206 g/mol. The van der Waals surface area contributed by atoms with Crippen LogP contribution in [0.25, 0.3) is 0 Å². The Morgan fingerprint density at radius 3 is 1.71 bits per heavy atom. The summed E-state index contributed by atoms with van der Waals surface area (Å²) in [5.74, 6) is -2.12. The van der Waals surface area contributed by atoms with Crippen LogP contribution in [0, 0.1) is 0 Å². The van der Waals surface area contributed by atoms with Crippen LogP contribution in [0.3, 0.4) is 0 Å². The fourth-order valence-corrected chi connectivity index (χ4v) is 0.835. The summed E-state index contributed by atoms with van der Waals surface area (Å²) in [5.41, 5.74) is 0. The van der Waals surface area contributed by atoms with Gasteiger partial charge in [0.25, 0.3) is 0 Å². The van der Waals surface area contributed by atoms with E-state index in [2.05, 4.69) is 0 Å². The molecule has 6 nitrogen and oxygen atoms in total. The summed E-state index contributed by atoms with van der Waals surface area (Å²) in [6.07, 6.45) is -6.85. The number of rotatable bonds is 5. The summed E-state index contributed by atoms with van der Waals surface area (Å²) >= 11 is 0. The summed E-state index contributed by atoms with van der Waals surface area (Å²) < 4.78 is 0. The van der Waals surface area contributed by atoms with Crippen molar-refractivity contribution in [1.82, 2.24) is 0 Å². The van der Waals surface area contributed by atoms with E-state index in [-0.39, 0.29) is 0 Å². The molecule has 0 saturated carbocycles. The largest absolute Gasteiger partial charge is 0.391 e. The van der Waals surface area contributed by atoms with Crippen molar-refractivity contribution in [3.63, 3.8) is 0 Å². The maximum absolute atomic E-state index is 10.9. The fraction of sp³-hybridized carbons (Fsp3) is 0.750. The van der Waals surface area contributed by atoms with Crippen molar-refractivity contribution < 1.29 is 30.0 Å². The Bertz CT molecular complexity index is 224. The van der Waals surface area contributed by atoms with Gasteiger partial charge in [-0.05, 0) is 6.92 Å². The minimum atomic E-state index is -2.00. The molecule has 0 spiro atoms. The molecule has 4 atom stereocenters. The molecule has 0 rings (SSSR count). The van der Waals surface area contributed by atoms with Gasteiger partial charge in [0, 0.05) is 6.92 Å². The highest BCUT2D eigenvalue weighted by Crippen LogP contribution is 2.05. The van der Waals surface area contributed by atoms with E-state index in [9.17, 15) is 9.59 Å². The third-order valence-corrected chi connectivity index (χ3v) is 1.78. The van der Waals surface area contributed by atoms with Gasteiger partial charge in [0.05, 0.1) is 6.10 Å². The minimum absolute atomic E-state index is 0.922. The fourth-order valence-electron chi connectivity index (χ4n) is 0.835. The second-order valence-electron chi connectivity index (χ2n) is 3.09. The Morgan fingerprint density at radius 1 is 1.00 bits per heavy atom. The molecular weight excluding hydrogens is 192 g/mol. The first-order chi connectivity index (χ1) is 6.29. The van der Waals surface area contributed by atoms with Gasteiger partial charge in [-0.25, -0.2) is 0 Å². The van der Waals surface area contributed by atoms with Crippen molar-refractivity contribution in [2.75, 3.05) is 0 Å². The third-order valence-electron chi connectivity index (χ3n) is 1.78. The standard InChI is InChI=1S/C8H14O6/c1-3(9)5(11)7(13)8(14)6(12)4(2)10/h3,5,7-9,11,13-14H,1-2H3/t3-,5+,7+,8+/m1/s1. The predicted molar refractivity (Wildman–Crippen MR) is 45.4 cm³/mol. The molecule has 0 aliphatic heterocycles. The Morgan fingerprint density at radius 2 is 1.43 bits per heavy atom. The monoisotopic (exact) mass is 206 g/mol. The first-order valence-corrected chi connectivity index (χ1v) is 4.06. The molecule has 0 fully saturated rings. The van der Waals surface area contributed by atoms with E-state index >= 15 is 0 Å². The quantitative estimate of drug-likeness (QED) is 0.373. The molecule has 0 saturated heterocycles. The van der Waals surface area contributed by atoms with Gasteiger partial charge in [-0.1, -0.05) is 0 Å². The molecule has 82 valence electrons. The molecule has 0 radical (unpaired) electrons. The van der Waals surface area contributed by atoms with Crippen LogP contribution in [-0.2, 0) is 9.59 Å². The second-order valence-corrected chi connectivity index (χ2v) is 3.09. The smallest absolute Gasteiger partial charge is 0.229 e. The van der Waals surface area contributed by atoms with Gasteiger partial charge >= 0.3 is 0 Å². The van der Waals surface area contributed by atoms with Crippen LogP contribution in [-0.4, -0.2) is 56.4 Å². The Hall–Kier alpha value is -0.820. The first-order valence-electron chi connectivity index (χ1n) is 4.06. The molecule has 0 amide bonds. The van der Waals surface area contributed by atoms with Crippen LogP contribution in [0.2, 0.25) is 0 Å². The van der Waals surface area contributed by atoms with Crippen molar-refractivity contribution in [1.29, 1.82) is 0 Å². The van der Waals surface area contributed by atoms with Crippen LogP contribution in [0.5, 0.6) is 0 Å². The van der Waals surface area contributed by atoms with Gasteiger partial charge < -0.3 is 20.4 Å². The molecule has 0 aromatic heterocycles. The lowest BCUT2D eigenvalue weighted by Gasteiger charge is -2.23. The molecule has 0 aliphatic rings. The van der Waals surface area contributed by atoms with Gasteiger partial charge in [-0.2, -0.15) is 0 Å². The van der Waals surface area contributed by atoms with E-state index < -0.39 is 36.0 Å². The molecule has 0 aliphatic carbocycles. The summed E-state index contributed by atoms with van der Waals surface area (Å²) in [6, 6.07) is 0. The Labute approximate surface area is 80.8 Å². The molecule has 0 aromatic carbocycles. The summed E-state index contributed by atoms with van der Waals surface area (Å²) in [5, 5.41) is 36.1. The second kappa shape index (κ2) is 5.16. The maximum atomic E-state index is 10.9. The lowest BCUT2D eigenvalue weighted by atomic mass is 9.99. The summed E-state index contributed by atoms with van der Waals surface area (Å²) in [4.78, 5) is 21.4. The summed E-state index contributed by atoms with van der Waals surface area (Å²) in [7, 11) is 0. The zero-order valence-electron chi connectivity index (χ0n) is 7.91. The molecule has 6 heteroatoms. The highest BCUT2D eigenvalue weighted by atomic mass is 16.4. The zero-order chi connectivity index (χ0) is 11.5. The van der Waals surface area contributed by atoms with Crippen LogP contribution >= 0.6 is 0 Å². The van der Waals surface area contributed by atoms with Gasteiger partial charge in [0.2, 0.25) is 5.78 Å². The SMILES string of the molecule is CC(=O)C(=O)[C@H](O)[C@@H](O)[C@@H](O)[C@@H](C)O. The maximum Gasteiger partial charge on any atom is 0.229 e. The number of ketones is 2. The lowest BCUT2D eigenvalue weighted by Crippen LogP contribution is -2.48. The van der Waals surface area contributed by atoms with E-state index in [0.717, 1.165) is 6.92 Å². The molecule has 0 bridgehead atoms. The number of hydrogen-bond acceptors (Lipinski definition) is 6. The first kappa shape index (κ1) is 13.2. The lowest BCUT2D eigenvalue weighted by molar-refractivity contribution is -0.151. The zero-order valence-corrected chi connectivity index (χ0v) is 7.91. The molecule has 0 heterocycles.